The van der Waals surface area contributed by atoms with Gasteiger partial charge in [0.05, 0.1) is 5.69 Å². The highest BCUT2D eigenvalue weighted by Crippen LogP contribution is 2.29. The molecule has 7 nitrogen and oxygen atoms in total. The van der Waals surface area contributed by atoms with Crippen LogP contribution in [0, 0.1) is 5.82 Å². The van der Waals surface area contributed by atoms with E-state index in [1.54, 1.807) is 12.1 Å². The van der Waals surface area contributed by atoms with Gasteiger partial charge >= 0.3 is 5.69 Å². The SMILES string of the molecule is Cn1nnc2c(-c3nc(-c4ccc(F)cc4)cs3)ncn2c1=O. The molecule has 0 aliphatic carbocycles. The van der Waals surface area contributed by atoms with Gasteiger partial charge in [-0.15, -0.1) is 16.4 Å². The number of benzene rings is 1. The van der Waals surface area contributed by atoms with Crippen molar-refractivity contribution in [1.82, 2.24) is 29.4 Å². The molecule has 0 aliphatic rings. The molecule has 0 bridgehead atoms. The second kappa shape index (κ2) is 5.06. The number of aromatic nitrogens is 6. The molecule has 1 aromatic carbocycles. The third-order valence-corrected chi connectivity index (χ3v) is 4.19. The Morgan fingerprint density at radius 1 is 1.22 bits per heavy atom. The number of halogens is 1. The van der Waals surface area contributed by atoms with E-state index >= 15 is 0 Å². The lowest BCUT2D eigenvalue weighted by Gasteiger charge is -1.97. The molecule has 0 saturated heterocycles. The summed E-state index contributed by atoms with van der Waals surface area (Å²) < 4.78 is 15.4. The first-order valence-electron chi connectivity index (χ1n) is 6.62. The summed E-state index contributed by atoms with van der Waals surface area (Å²) in [4.78, 5) is 20.7. The van der Waals surface area contributed by atoms with E-state index in [4.69, 9.17) is 0 Å². The highest BCUT2D eigenvalue weighted by molar-refractivity contribution is 7.13. The maximum atomic E-state index is 13.0. The van der Waals surface area contributed by atoms with Gasteiger partial charge in [0.15, 0.2) is 5.65 Å². The molecule has 0 N–H and O–H groups in total. The molecule has 0 amide bonds. The summed E-state index contributed by atoms with van der Waals surface area (Å²) in [6.45, 7) is 0. The van der Waals surface area contributed by atoms with E-state index in [0.717, 1.165) is 10.2 Å². The Morgan fingerprint density at radius 2 is 2.00 bits per heavy atom. The third kappa shape index (κ3) is 2.21. The van der Waals surface area contributed by atoms with Gasteiger partial charge in [-0.2, -0.15) is 4.68 Å². The van der Waals surface area contributed by atoms with Crippen LogP contribution in [0.25, 0.3) is 27.6 Å². The minimum atomic E-state index is -0.330. The molecule has 0 fully saturated rings. The van der Waals surface area contributed by atoms with Gasteiger partial charge in [0.25, 0.3) is 0 Å². The summed E-state index contributed by atoms with van der Waals surface area (Å²) in [6, 6.07) is 6.09. The topological polar surface area (TPSA) is 78.0 Å². The third-order valence-electron chi connectivity index (χ3n) is 3.35. The maximum Gasteiger partial charge on any atom is 0.352 e. The van der Waals surface area contributed by atoms with E-state index in [2.05, 4.69) is 20.3 Å². The van der Waals surface area contributed by atoms with Gasteiger partial charge in [0.2, 0.25) is 0 Å². The van der Waals surface area contributed by atoms with E-state index < -0.39 is 0 Å². The van der Waals surface area contributed by atoms with Crippen molar-refractivity contribution in [2.75, 3.05) is 0 Å². The average molecular weight is 328 g/mol. The summed E-state index contributed by atoms with van der Waals surface area (Å²) in [5.41, 5.74) is 2.04. The standard InChI is InChI=1S/C14H9FN6OS/c1-20-14(22)21-7-16-11(12(21)18-19-20)13-17-10(6-23-13)8-2-4-9(15)5-3-8/h2-7H,1H3. The lowest BCUT2D eigenvalue weighted by atomic mass is 10.2. The van der Waals surface area contributed by atoms with Crippen LogP contribution in [0.1, 0.15) is 0 Å². The molecule has 4 aromatic rings. The number of nitrogens with zero attached hydrogens (tertiary/aromatic N) is 6. The number of thiazole rings is 1. The van der Waals surface area contributed by atoms with E-state index in [-0.39, 0.29) is 11.5 Å². The van der Waals surface area contributed by atoms with Gasteiger partial charge in [-0.1, -0.05) is 5.21 Å². The second-order valence-corrected chi connectivity index (χ2v) is 5.69. The molecule has 0 atom stereocenters. The second-order valence-electron chi connectivity index (χ2n) is 4.83. The van der Waals surface area contributed by atoms with Gasteiger partial charge in [-0.25, -0.2) is 23.6 Å². The summed E-state index contributed by atoms with van der Waals surface area (Å²) in [7, 11) is 1.52. The molecule has 0 unspecified atom stereocenters. The molecular formula is C14H9FN6OS. The largest absolute Gasteiger partial charge is 0.352 e. The quantitative estimate of drug-likeness (QED) is 0.560. The summed E-state index contributed by atoms with van der Waals surface area (Å²) in [6.07, 6.45) is 1.40. The van der Waals surface area contributed by atoms with Gasteiger partial charge in [0.1, 0.15) is 22.8 Å². The van der Waals surface area contributed by atoms with E-state index in [0.29, 0.717) is 22.0 Å². The van der Waals surface area contributed by atoms with Crippen molar-refractivity contribution in [3.63, 3.8) is 0 Å². The molecular weight excluding hydrogens is 319 g/mol. The Labute approximate surface area is 132 Å². The Kier molecular flexibility index (Phi) is 3.01. The first-order chi connectivity index (χ1) is 11.1. The monoisotopic (exact) mass is 328 g/mol. The van der Waals surface area contributed by atoms with Crippen LogP contribution in [0.3, 0.4) is 0 Å². The fraction of sp³-hybridized carbons (Fsp3) is 0.0714. The normalized spacial score (nSPS) is 11.2. The highest BCUT2D eigenvalue weighted by Gasteiger charge is 2.15. The van der Waals surface area contributed by atoms with E-state index in [1.165, 1.54) is 41.2 Å². The molecule has 3 aromatic heterocycles. The van der Waals surface area contributed by atoms with Gasteiger partial charge in [-0.05, 0) is 24.3 Å². The van der Waals surface area contributed by atoms with Crippen LogP contribution in [0.15, 0.2) is 40.8 Å². The Morgan fingerprint density at radius 3 is 2.78 bits per heavy atom. The molecule has 9 heteroatoms. The highest BCUT2D eigenvalue weighted by atomic mass is 32.1. The van der Waals surface area contributed by atoms with Crippen LogP contribution in [-0.4, -0.2) is 29.4 Å². The smallest absolute Gasteiger partial charge is 0.245 e. The summed E-state index contributed by atoms with van der Waals surface area (Å²) >= 11 is 1.37. The number of imidazole rings is 1. The molecule has 4 rings (SSSR count). The molecule has 0 spiro atoms. The Balaban J connectivity index is 1.82. The van der Waals surface area contributed by atoms with Crippen molar-refractivity contribution in [2.45, 2.75) is 0 Å². The lowest BCUT2D eigenvalue weighted by molar-refractivity contribution is 0.607. The molecule has 0 saturated carbocycles. The minimum absolute atomic E-state index is 0.296. The van der Waals surface area contributed by atoms with E-state index in [9.17, 15) is 9.18 Å². The van der Waals surface area contributed by atoms with E-state index in [1.807, 2.05) is 5.38 Å². The molecule has 0 radical (unpaired) electrons. The van der Waals surface area contributed by atoms with Crippen molar-refractivity contribution in [3.8, 4) is 22.0 Å². The molecule has 23 heavy (non-hydrogen) atoms. The van der Waals surface area contributed by atoms with Gasteiger partial charge in [-0.3, -0.25) is 0 Å². The maximum absolute atomic E-state index is 13.0. The van der Waals surface area contributed by atoms with Crippen LogP contribution < -0.4 is 5.69 Å². The van der Waals surface area contributed by atoms with Crippen molar-refractivity contribution in [2.24, 2.45) is 7.05 Å². The van der Waals surface area contributed by atoms with Crippen molar-refractivity contribution in [3.05, 3.63) is 52.3 Å². The van der Waals surface area contributed by atoms with Crippen LogP contribution >= 0.6 is 11.3 Å². The van der Waals surface area contributed by atoms with Crippen LogP contribution in [0.2, 0.25) is 0 Å². The van der Waals surface area contributed by atoms with Crippen LogP contribution in [-0.2, 0) is 7.05 Å². The number of hydrogen-bond acceptors (Lipinski definition) is 6. The number of aryl methyl sites for hydroxylation is 1. The molecule has 3 heterocycles. The zero-order valence-corrected chi connectivity index (χ0v) is 12.7. The molecule has 0 aliphatic heterocycles. The average Bonchev–Trinajstić information content (AvgIpc) is 3.18. The van der Waals surface area contributed by atoms with Gasteiger partial charge in [0, 0.05) is 18.0 Å². The zero-order valence-electron chi connectivity index (χ0n) is 11.8. The fourth-order valence-electron chi connectivity index (χ4n) is 2.17. The first kappa shape index (κ1) is 13.7. The Bertz CT molecular complexity index is 1070. The predicted molar refractivity (Wildman–Crippen MR) is 82.5 cm³/mol. The zero-order chi connectivity index (χ0) is 16.0. The van der Waals surface area contributed by atoms with Crippen LogP contribution in [0.4, 0.5) is 4.39 Å². The summed E-state index contributed by atoms with van der Waals surface area (Å²) in [5.74, 6) is -0.296. The minimum Gasteiger partial charge on any atom is -0.245 e. The number of fused-ring (bicyclic) bond motifs is 1. The molecule has 114 valence electrons. The van der Waals surface area contributed by atoms with Crippen molar-refractivity contribution < 1.29 is 4.39 Å². The fourth-order valence-corrected chi connectivity index (χ4v) is 2.99. The van der Waals surface area contributed by atoms with Crippen molar-refractivity contribution >= 4 is 17.0 Å². The lowest BCUT2D eigenvalue weighted by Crippen LogP contribution is -2.26. The number of rotatable bonds is 2. The van der Waals surface area contributed by atoms with Gasteiger partial charge < -0.3 is 0 Å². The Hall–Kier alpha value is -2.94. The van der Waals surface area contributed by atoms with Crippen LogP contribution in [0.5, 0.6) is 0 Å². The predicted octanol–water partition coefficient (Wildman–Crippen LogP) is 1.75. The summed E-state index contributed by atoms with van der Waals surface area (Å²) in [5, 5.41) is 10.2. The first-order valence-corrected chi connectivity index (χ1v) is 7.50. The number of hydrogen-bond donors (Lipinski definition) is 0. The van der Waals surface area contributed by atoms with Crippen molar-refractivity contribution in [1.29, 1.82) is 0 Å².